The first-order valence-corrected chi connectivity index (χ1v) is 8.72. The van der Waals surface area contributed by atoms with Crippen LogP contribution in [0.3, 0.4) is 0 Å². The van der Waals surface area contributed by atoms with Crippen LogP contribution in [0.4, 0.5) is 4.39 Å². The zero-order valence-electron chi connectivity index (χ0n) is 12.2. The summed E-state index contributed by atoms with van der Waals surface area (Å²) in [6.07, 6.45) is 6.52. The number of fused-ring (bicyclic) bond motifs is 1. The van der Waals surface area contributed by atoms with Gasteiger partial charge < -0.3 is 4.57 Å². The number of halogens is 2. The van der Waals surface area contributed by atoms with Crippen molar-refractivity contribution in [2.45, 2.75) is 11.4 Å². The fraction of sp³-hybridized carbons (Fsp3) is 0.0667. The van der Waals surface area contributed by atoms with Crippen LogP contribution in [-0.2, 0) is 16.6 Å². The van der Waals surface area contributed by atoms with E-state index in [1.165, 1.54) is 18.5 Å². The number of nitrogens with zero attached hydrogens (tertiary/aromatic N) is 3. The number of aromatic nitrogens is 3. The summed E-state index contributed by atoms with van der Waals surface area (Å²) < 4.78 is 38.0. The van der Waals surface area contributed by atoms with Gasteiger partial charge >= 0.3 is 0 Å². The van der Waals surface area contributed by atoms with Gasteiger partial charge in [0.1, 0.15) is 22.9 Å². The highest BCUT2D eigenvalue weighted by atomic mass is 35.5. The molecule has 24 heavy (non-hydrogen) atoms. The smallest absolute Gasteiger partial charge is 0.238 e. The first kappa shape index (κ1) is 16.6. The SMILES string of the molecule is NS(=O)(=O)c1cc(F)cc(/C=C/Cn2ccc3c(Cl)ncnc32)c1. The molecule has 0 fully saturated rings. The van der Waals surface area contributed by atoms with Gasteiger partial charge in [-0.05, 0) is 29.8 Å². The second kappa shape index (κ2) is 6.31. The van der Waals surface area contributed by atoms with Crippen LogP contribution >= 0.6 is 11.6 Å². The maximum absolute atomic E-state index is 13.5. The monoisotopic (exact) mass is 366 g/mol. The van der Waals surface area contributed by atoms with Crippen LogP contribution < -0.4 is 5.14 Å². The number of primary sulfonamides is 1. The molecule has 9 heteroatoms. The van der Waals surface area contributed by atoms with Crippen molar-refractivity contribution in [1.82, 2.24) is 14.5 Å². The Hall–Kier alpha value is -2.29. The molecule has 2 aromatic heterocycles. The van der Waals surface area contributed by atoms with Crippen LogP contribution in [0.1, 0.15) is 5.56 Å². The summed E-state index contributed by atoms with van der Waals surface area (Å²) in [6.45, 7) is 0.443. The standard InChI is InChI=1S/C15H12ClFN4O2S/c16-14-13-3-5-21(15(13)20-9-19-14)4-1-2-10-6-11(17)8-12(7-10)24(18,22)23/h1-3,5-9H,4H2,(H2,18,22,23)/b2-1+. The van der Waals surface area contributed by atoms with E-state index < -0.39 is 15.8 Å². The summed E-state index contributed by atoms with van der Waals surface area (Å²) >= 11 is 5.98. The minimum absolute atomic E-state index is 0.270. The molecule has 124 valence electrons. The van der Waals surface area contributed by atoms with Crippen molar-refractivity contribution in [2.75, 3.05) is 0 Å². The van der Waals surface area contributed by atoms with Gasteiger partial charge in [0.05, 0.1) is 10.3 Å². The molecule has 0 radical (unpaired) electrons. The number of rotatable bonds is 4. The molecule has 0 aliphatic heterocycles. The van der Waals surface area contributed by atoms with E-state index in [0.29, 0.717) is 22.9 Å². The van der Waals surface area contributed by atoms with Crippen LogP contribution in [0.25, 0.3) is 17.1 Å². The van der Waals surface area contributed by atoms with Crippen molar-refractivity contribution in [3.05, 3.63) is 59.4 Å². The third-order valence-corrected chi connectivity index (χ3v) is 4.54. The zero-order chi connectivity index (χ0) is 17.3. The summed E-state index contributed by atoms with van der Waals surface area (Å²) in [6, 6.07) is 5.21. The van der Waals surface area contributed by atoms with Gasteiger partial charge in [-0.2, -0.15) is 0 Å². The molecule has 0 saturated carbocycles. The summed E-state index contributed by atoms with van der Waals surface area (Å²) in [5.41, 5.74) is 1.06. The Kier molecular flexibility index (Phi) is 4.35. The second-order valence-corrected chi connectivity index (χ2v) is 6.96. The lowest BCUT2D eigenvalue weighted by atomic mass is 10.2. The highest BCUT2D eigenvalue weighted by Crippen LogP contribution is 2.20. The number of benzene rings is 1. The molecule has 2 heterocycles. The Labute approximate surface area is 142 Å². The predicted molar refractivity (Wildman–Crippen MR) is 89.3 cm³/mol. The Morgan fingerprint density at radius 3 is 2.83 bits per heavy atom. The summed E-state index contributed by atoms with van der Waals surface area (Å²) in [5, 5.41) is 6.13. The number of sulfonamides is 1. The third-order valence-electron chi connectivity index (χ3n) is 3.34. The van der Waals surface area contributed by atoms with Crippen LogP contribution in [-0.4, -0.2) is 23.0 Å². The number of allylic oxidation sites excluding steroid dienone is 1. The number of hydrogen-bond acceptors (Lipinski definition) is 4. The molecule has 3 aromatic rings. The van der Waals surface area contributed by atoms with E-state index in [0.717, 1.165) is 11.5 Å². The van der Waals surface area contributed by atoms with Gasteiger partial charge in [0.15, 0.2) is 0 Å². The maximum atomic E-state index is 13.5. The van der Waals surface area contributed by atoms with Crippen molar-refractivity contribution in [2.24, 2.45) is 5.14 Å². The van der Waals surface area contributed by atoms with Gasteiger partial charge in [0.2, 0.25) is 10.0 Å². The van der Waals surface area contributed by atoms with E-state index in [2.05, 4.69) is 9.97 Å². The molecule has 0 bridgehead atoms. The molecule has 2 N–H and O–H groups in total. The van der Waals surface area contributed by atoms with Crippen molar-refractivity contribution >= 4 is 38.7 Å². The molecule has 0 amide bonds. The van der Waals surface area contributed by atoms with E-state index in [9.17, 15) is 12.8 Å². The van der Waals surface area contributed by atoms with Gasteiger partial charge in [-0.25, -0.2) is 27.9 Å². The molecule has 0 aliphatic carbocycles. The van der Waals surface area contributed by atoms with Gasteiger partial charge in [-0.3, -0.25) is 0 Å². The van der Waals surface area contributed by atoms with E-state index >= 15 is 0 Å². The van der Waals surface area contributed by atoms with Crippen molar-refractivity contribution in [3.63, 3.8) is 0 Å². The average Bonchev–Trinajstić information content (AvgIpc) is 2.91. The fourth-order valence-electron chi connectivity index (χ4n) is 2.27. The molecule has 0 atom stereocenters. The molecular formula is C15H12ClFN4O2S. The average molecular weight is 367 g/mol. The number of hydrogen-bond donors (Lipinski definition) is 1. The Balaban J connectivity index is 1.86. The lowest BCUT2D eigenvalue weighted by Gasteiger charge is -2.02. The fourth-order valence-corrected chi connectivity index (χ4v) is 3.04. The normalized spacial score (nSPS) is 12.3. The highest BCUT2D eigenvalue weighted by molar-refractivity contribution is 7.89. The Morgan fingerprint density at radius 1 is 1.29 bits per heavy atom. The molecule has 6 nitrogen and oxygen atoms in total. The summed E-state index contributed by atoms with van der Waals surface area (Å²) in [5.74, 6) is -0.674. The maximum Gasteiger partial charge on any atom is 0.238 e. The predicted octanol–water partition coefficient (Wildman–Crippen LogP) is 2.58. The van der Waals surface area contributed by atoms with Gasteiger partial charge in [0.25, 0.3) is 0 Å². The summed E-state index contributed by atoms with van der Waals surface area (Å²) in [7, 11) is -3.96. The molecule has 0 saturated heterocycles. The molecular weight excluding hydrogens is 355 g/mol. The topological polar surface area (TPSA) is 90.9 Å². The molecule has 1 aromatic carbocycles. The summed E-state index contributed by atoms with van der Waals surface area (Å²) in [4.78, 5) is 7.80. The van der Waals surface area contributed by atoms with E-state index in [1.807, 2.05) is 4.57 Å². The molecule has 0 spiro atoms. The molecule has 0 aliphatic rings. The second-order valence-electron chi connectivity index (χ2n) is 5.04. The van der Waals surface area contributed by atoms with E-state index in [1.54, 1.807) is 24.4 Å². The van der Waals surface area contributed by atoms with Crippen molar-refractivity contribution < 1.29 is 12.8 Å². The van der Waals surface area contributed by atoms with Crippen LogP contribution in [0.15, 0.2) is 47.8 Å². The van der Waals surface area contributed by atoms with Crippen LogP contribution in [0.5, 0.6) is 0 Å². The van der Waals surface area contributed by atoms with E-state index in [4.69, 9.17) is 16.7 Å². The Morgan fingerprint density at radius 2 is 2.08 bits per heavy atom. The zero-order valence-corrected chi connectivity index (χ0v) is 13.8. The van der Waals surface area contributed by atoms with Crippen molar-refractivity contribution in [1.29, 1.82) is 0 Å². The van der Waals surface area contributed by atoms with Crippen LogP contribution in [0.2, 0.25) is 5.15 Å². The molecule has 0 unspecified atom stereocenters. The number of nitrogens with two attached hydrogens (primary N) is 1. The quantitative estimate of drug-likeness (QED) is 0.718. The van der Waals surface area contributed by atoms with Gasteiger partial charge in [0, 0.05) is 12.7 Å². The first-order valence-electron chi connectivity index (χ1n) is 6.80. The highest BCUT2D eigenvalue weighted by Gasteiger charge is 2.10. The Bertz CT molecular complexity index is 1050. The largest absolute Gasteiger partial charge is 0.329 e. The lowest BCUT2D eigenvalue weighted by molar-refractivity contribution is 0.592. The van der Waals surface area contributed by atoms with Gasteiger partial charge in [-0.1, -0.05) is 23.8 Å². The minimum atomic E-state index is -3.96. The van der Waals surface area contributed by atoms with Gasteiger partial charge in [-0.15, -0.1) is 0 Å². The third kappa shape index (κ3) is 3.45. The molecule has 3 rings (SSSR count). The van der Waals surface area contributed by atoms with E-state index in [-0.39, 0.29) is 4.90 Å². The minimum Gasteiger partial charge on any atom is -0.329 e. The van der Waals surface area contributed by atoms with Crippen molar-refractivity contribution in [3.8, 4) is 0 Å². The first-order chi connectivity index (χ1) is 11.3. The van der Waals surface area contributed by atoms with Crippen LogP contribution in [0, 0.1) is 5.82 Å². The lowest BCUT2D eigenvalue weighted by Crippen LogP contribution is -2.12.